The number of rotatable bonds is 9. The Balaban J connectivity index is 1.60. The molecule has 42 heavy (non-hydrogen) atoms. The Bertz CT molecular complexity index is 1580. The SMILES string of the molecule is C=CCN(C(=O)OC(C)(C)C)c1nc(OCc2ccccc2)c2cc(C=O)c(-[n+]3ccc(N4CCCC4)cc3)nc2n1. The predicted octanol–water partition coefficient (Wildman–Crippen LogP) is 5.22. The predicted molar refractivity (Wildman–Crippen MR) is 160 cm³/mol. The molecule has 0 aliphatic carbocycles. The molecule has 0 unspecified atom stereocenters. The number of carbonyl (C=O) groups excluding carboxylic acids is 2. The van der Waals surface area contributed by atoms with Crippen molar-refractivity contribution >= 4 is 35.0 Å². The molecule has 0 bridgehead atoms. The Morgan fingerprint density at radius 3 is 2.43 bits per heavy atom. The van der Waals surface area contributed by atoms with E-state index in [-0.39, 0.29) is 30.6 Å². The number of hydrogen-bond acceptors (Lipinski definition) is 8. The molecule has 216 valence electrons. The van der Waals surface area contributed by atoms with Crippen LogP contribution in [0.2, 0.25) is 0 Å². The number of benzene rings is 1. The number of anilines is 2. The van der Waals surface area contributed by atoms with Crippen LogP contribution in [0.5, 0.6) is 5.88 Å². The topological polar surface area (TPSA) is 102 Å². The van der Waals surface area contributed by atoms with Gasteiger partial charge in [-0.15, -0.1) is 6.58 Å². The zero-order chi connectivity index (χ0) is 29.7. The van der Waals surface area contributed by atoms with Crippen molar-refractivity contribution in [3.05, 3.63) is 84.7 Å². The second-order valence-corrected chi connectivity index (χ2v) is 11.0. The molecule has 1 aliphatic heterocycles. The first-order valence-electron chi connectivity index (χ1n) is 14.0. The minimum atomic E-state index is -0.734. The summed E-state index contributed by atoms with van der Waals surface area (Å²) in [6.45, 7) is 11.5. The summed E-state index contributed by atoms with van der Waals surface area (Å²) in [4.78, 5) is 43.1. The van der Waals surface area contributed by atoms with Gasteiger partial charge in [0.1, 0.15) is 23.2 Å². The third-order valence-electron chi connectivity index (χ3n) is 6.69. The van der Waals surface area contributed by atoms with Crippen molar-refractivity contribution < 1.29 is 23.6 Å². The number of aldehydes is 1. The van der Waals surface area contributed by atoms with Crippen LogP contribution in [0.1, 0.15) is 49.5 Å². The Morgan fingerprint density at radius 1 is 1.07 bits per heavy atom. The maximum Gasteiger partial charge on any atom is 0.417 e. The number of aromatic nitrogens is 4. The van der Waals surface area contributed by atoms with Gasteiger partial charge in [-0.05, 0) is 50.2 Å². The summed E-state index contributed by atoms with van der Waals surface area (Å²) in [5.74, 6) is 0.635. The normalized spacial score (nSPS) is 13.2. The van der Waals surface area contributed by atoms with Gasteiger partial charge in [0.05, 0.1) is 18.9 Å². The van der Waals surface area contributed by atoms with E-state index in [4.69, 9.17) is 14.5 Å². The molecule has 1 saturated heterocycles. The number of carbonyl (C=O) groups is 2. The monoisotopic (exact) mass is 567 g/mol. The highest BCUT2D eigenvalue weighted by Gasteiger charge is 2.28. The second kappa shape index (κ2) is 12.3. The number of hydrogen-bond donors (Lipinski definition) is 0. The first-order chi connectivity index (χ1) is 20.3. The highest BCUT2D eigenvalue weighted by atomic mass is 16.6. The van der Waals surface area contributed by atoms with Crippen LogP contribution in [0, 0.1) is 0 Å². The van der Waals surface area contributed by atoms with E-state index in [1.807, 2.05) is 54.9 Å². The zero-order valence-electron chi connectivity index (χ0n) is 24.2. The summed E-state index contributed by atoms with van der Waals surface area (Å²) in [6, 6.07) is 15.3. The average Bonchev–Trinajstić information content (AvgIpc) is 3.53. The number of fused-ring (bicyclic) bond motifs is 1. The molecular formula is C32H35N6O4+. The molecule has 1 aromatic carbocycles. The molecule has 0 saturated carbocycles. The van der Waals surface area contributed by atoms with Crippen molar-refractivity contribution in [1.82, 2.24) is 15.0 Å². The van der Waals surface area contributed by atoms with Gasteiger partial charge in [-0.1, -0.05) is 36.4 Å². The minimum Gasteiger partial charge on any atom is -0.472 e. The van der Waals surface area contributed by atoms with Crippen molar-refractivity contribution in [1.29, 1.82) is 0 Å². The van der Waals surface area contributed by atoms with Crippen LogP contribution >= 0.6 is 0 Å². The third kappa shape index (κ3) is 6.54. The van der Waals surface area contributed by atoms with E-state index in [0.717, 1.165) is 30.6 Å². The van der Waals surface area contributed by atoms with Gasteiger partial charge in [0.25, 0.3) is 5.65 Å². The van der Waals surface area contributed by atoms with E-state index in [9.17, 15) is 9.59 Å². The summed E-state index contributed by atoms with van der Waals surface area (Å²) in [7, 11) is 0. The van der Waals surface area contributed by atoms with Gasteiger partial charge < -0.3 is 14.4 Å². The van der Waals surface area contributed by atoms with Gasteiger partial charge in [0.2, 0.25) is 11.8 Å². The minimum absolute atomic E-state index is 0.0476. The molecule has 1 amide bonds. The Labute approximate surface area is 245 Å². The number of pyridine rings is 2. The van der Waals surface area contributed by atoms with Crippen LogP contribution in [-0.2, 0) is 11.3 Å². The highest BCUT2D eigenvalue weighted by molar-refractivity contribution is 5.92. The molecule has 3 aromatic heterocycles. The average molecular weight is 568 g/mol. The van der Waals surface area contributed by atoms with Crippen molar-refractivity contribution in [2.45, 2.75) is 45.8 Å². The molecule has 0 radical (unpaired) electrons. The van der Waals surface area contributed by atoms with Crippen LogP contribution in [0.15, 0.2) is 73.6 Å². The lowest BCUT2D eigenvalue weighted by Crippen LogP contribution is -2.38. The fraction of sp³-hybridized carbons (Fsp3) is 0.312. The fourth-order valence-corrected chi connectivity index (χ4v) is 4.70. The van der Waals surface area contributed by atoms with Crippen molar-refractivity contribution in [2.24, 2.45) is 0 Å². The van der Waals surface area contributed by atoms with E-state index >= 15 is 0 Å². The van der Waals surface area contributed by atoms with Crippen LogP contribution in [0.3, 0.4) is 0 Å². The molecule has 0 spiro atoms. The summed E-state index contributed by atoms with van der Waals surface area (Å²) in [6.07, 6.45) is 7.81. The van der Waals surface area contributed by atoms with Crippen molar-refractivity contribution in [3.8, 4) is 11.7 Å². The Morgan fingerprint density at radius 2 is 1.79 bits per heavy atom. The third-order valence-corrected chi connectivity index (χ3v) is 6.69. The van der Waals surface area contributed by atoms with Gasteiger partial charge in [-0.25, -0.2) is 14.3 Å². The largest absolute Gasteiger partial charge is 0.472 e. The summed E-state index contributed by atoms with van der Waals surface area (Å²) >= 11 is 0. The van der Waals surface area contributed by atoms with Crippen LogP contribution in [0.4, 0.5) is 16.4 Å². The molecule has 0 N–H and O–H groups in total. The zero-order valence-corrected chi connectivity index (χ0v) is 24.2. The van der Waals surface area contributed by atoms with Crippen LogP contribution < -0.4 is 19.1 Å². The Kier molecular flexibility index (Phi) is 8.42. The standard InChI is InChI=1S/C32H35N6O4/c1-5-15-38(31(40)42-32(2,3)4)30-34-27-26(29(35-30)41-22-23-11-7-6-8-12-23)20-24(21-39)28(33-27)37-18-13-25(14-19-37)36-16-9-10-17-36/h5-8,11-14,18-21H,1,9-10,15-17,22H2,2-4H3/q+1. The van der Waals surface area contributed by atoms with Crippen molar-refractivity contribution in [3.63, 3.8) is 0 Å². The molecule has 5 rings (SSSR count). The quantitative estimate of drug-likeness (QED) is 0.154. The van der Waals surface area contributed by atoms with Gasteiger partial charge in [-0.3, -0.25) is 4.79 Å². The first kappa shape index (κ1) is 28.7. The van der Waals surface area contributed by atoms with Crippen LogP contribution in [-0.4, -0.2) is 52.6 Å². The lowest BCUT2D eigenvalue weighted by molar-refractivity contribution is -0.599. The maximum atomic E-state index is 13.2. The number of ether oxygens (including phenoxy) is 2. The van der Waals surface area contributed by atoms with Crippen molar-refractivity contribution in [2.75, 3.05) is 29.4 Å². The summed E-state index contributed by atoms with van der Waals surface area (Å²) in [5, 5.41) is 0.442. The van der Waals surface area contributed by atoms with E-state index in [1.54, 1.807) is 37.5 Å². The lowest BCUT2D eigenvalue weighted by Gasteiger charge is -2.25. The molecule has 0 atom stereocenters. The van der Waals surface area contributed by atoms with Gasteiger partial charge >= 0.3 is 11.9 Å². The molecule has 4 aromatic rings. The molecule has 1 fully saturated rings. The van der Waals surface area contributed by atoms with Gasteiger partial charge in [0.15, 0.2) is 6.29 Å². The van der Waals surface area contributed by atoms with Crippen LogP contribution in [0.25, 0.3) is 16.9 Å². The van der Waals surface area contributed by atoms with Gasteiger partial charge in [0, 0.05) is 30.9 Å². The summed E-state index contributed by atoms with van der Waals surface area (Å²) in [5.41, 5.74) is 1.92. The highest BCUT2D eigenvalue weighted by Crippen LogP contribution is 2.28. The number of nitrogens with zero attached hydrogens (tertiary/aromatic N) is 6. The van der Waals surface area contributed by atoms with E-state index in [0.29, 0.717) is 16.8 Å². The van der Waals surface area contributed by atoms with E-state index in [2.05, 4.69) is 21.4 Å². The molecule has 10 nitrogen and oxygen atoms in total. The second-order valence-electron chi connectivity index (χ2n) is 11.0. The fourth-order valence-electron chi connectivity index (χ4n) is 4.70. The maximum absolute atomic E-state index is 13.2. The smallest absolute Gasteiger partial charge is 0.417 e. The van der Waals surface area contributed by atoms with E-state index in [1.165, 1.54) is 17.7 Å². The summed E-state index contributed by atoms with van der Waals surface area (Å²) < 4.78 is 13.5. The Hall–Kier alpha value is -4.86. The molecule has 1 aliphatic rings. The lowest BCUT2D eigenvalue weighted by atomic mass is 10.2. The molecular weight excluding hydrogens is 532 g/mol. The number of amides is 1. The first-order valence-corrected chi connectivity index (χ1v) is 14.0. The molecule has 10 heteroatoms. The van der Waals surface area contributed by atoms with Gasteiger partial charge in [-0.2, -0.15) is 9.97 Å². The van der Waals surface area contributed by atoms with E-state index < -0.39 is 11.7 Å². The molecule has 4 heterocycles.